The topological polar surface area (TPSA) is 114 Å². The maximum absolute atomic E-state index is 11.9. The van der Waals surface area contributed by atoms with Gasteiger partial charge in [0, 0.05) is 5.69 Å². The van der Waals surface area contributed by atoms with Crippen LogP contribution in [0.4, 0.5) is 5.69 Å². The monoisotopic (exact) mass is 270 g/mol. The van der Waals surface area contributed by atoms with Crippen molar-refractivity contribution >= 4 is 11.6 Å². The highest BCUT2D eigenvalue weighted by molar-refractivity contribution is 6.02. The van der Waals surface area contributed by atoms with Gasteiger partial charge >= 0.3 is 0 Å². The first-order chi connectivity index (χ1) is 9.74. The van der Waals surface area contributed by atoms with Crippen LogP contribution in [0, 0.1) is 6.92 Å². The van der Waals surface area contributed by atoms with Gasteiger partial charge < -0.3 is 5.32 Å². The second-order valence-corrected chi connectivity index (χ2v) is 4.04. The molecular weight excluding hydrogens is 260 g/mol. The highest BCUT2D eigenvalue weighted by Gasteiger charge is 2.11. The van der Waals surface area contributed by atoms with E-state index >= 15 is 0 Å². The minimum atomic E-state index is -0.362. The van der Waals surface area contributed by atoms with E-state index in [4.69, 9.17) is 0 Å². The summed E-state index contributed by atoms with van der Waals surface area (Å²) in [4.78, 5) is 15.7. The van der Waals surface area contributed by atoms with E-state index in [1.165, 1.54) is 17.3 Å². The summed E-state index contributed by atoms with van der Waals surface area (Å²) in [6.07, 6.45) is 2.76. The Balaban J connectivity index is 1.89. The molecule has 20 heavy (non-hydrogen) atoms. The molecule has 3 rings (SSSR count). The highest BCUT2D eigenvalue weighted by atomic mass is 16.2. The van der Waals surface area contributed by atoms with Gasteiger partial charge in [-0.3, -0.25) is 9.89 Å². The molecule has 0 saturated carbocycles. The zero-order valence-corrected chi connectivity index (χ0v) is 10.5. The summed E-state index contributed by atoms with van der Waals surface area (Å²) < 4.78 is 1.50. The van der Waals surface area contributed by atoms with Crippen LogP contribution in [0.5, 0.6) is 0 Å². The summed E-state index contributed by atoms with van der Waals surface area (Å²) in [5, 5.41) is 19.9. The first-order valence-electron chi connectivity index (χ1n) is 5.75. The van der Waals surface area contributed by atoms with Gasteiger partial charge in [-0.2, -0.15) is 5.10 Å². The molecule has 2 aromatic heterocycles. The lowest BCUT2D eigenvalue weighted by molar-refractivity contribution is 0.101. The minimum Gasteiger partial charge on any atom is -0.319 e. The minimum absolute atomic E-state index is 0.150. The van der Waals surface area contributed by atoms with E-state index in [9.17, 15) is 4.79 Å². The number of amides is 1. The number of aromatic nitrogens is 7. The predicted molar refractivity (Wildman–Crippen MR) is 68.2 cm³/mol. The van der Waals surface area contributed by atoms with Crippen LogP contribution in [0.15, 0.2) is 30.9 Å². The summed E-state index contributed by atoms with van der Waals surface area (Å²) in [6.45, 7) is 1.89. The van der Waals surface area contributed by atoms with Crippen molar-refractivity contribution in [2.45, 2.75) is 6.92 Å². The molecule has 3 aromatic rings. The van der Waals surface area contributed by atoms with Crippen molar-refractivity contribution in [3.8, 4) is 5.69 Å². The number of tetrazole rings is 1. The largest absolute Gasteiger partial charge is 0.319 e. The van der Waals surface area contributed by atoms with Crippen LogP contribution >= 0.6 is 0 Å². The number of nitrogens with one attached hydrogen (secondary N) is 2. The molecule has 1 amide bonds. The van der Waals surface area contributed by atoms with Gasteiger partial charge in [0.05, 0.1) is 5.69 Å². The van der Waals surface area contributed by atoms with E-state index in [0.717, 1.165) is 11.3 Å². The van der Waals surface area contributed by atoms with Gasteiger partial charge in [0.1, 0.15) is 12.7 Å². The second-order valence-electron chi connectivity index (χ2n) is 4.04. The zero-order valence-electron chi connectivity index (χ0n) is 10.5. The number of nitrogens with zero attached hydrogens (tertiary/aromatic N) is 6. The van der Waals surface area contributed by atoms with Gasteiger partial charge in [-0.05, 0) is 35.0 Å². The van der Waals surface area contributed by atoms with Crippen LogP contribution < -0.4 is 5.32 Å². The standard InChI is InChI=1S/C11H10N8O/c1-7-2-3-8(19-6-14-17-18-19)4-9(7)15-11(20)10-12-5-13-16-10/h2-6H,1H3,(H,15,20)(H,12,13,16). The lowest BCUT2D eigenvalue weighted by Gasteiger charge is -2.09. The van der Waals surface area contributed by atoms with E-state index in [-0.39, 0.29) is 11.7 Å². The third kappa shape index (κ3) is 2.23. The molecule has 0 bridgehead atoms. The number of rotatable bonds is 3. The fourth-order valence-corrected chi connectivity index (χ4v) is 1.66. The van der Waals surface area contributed by atoms with E-state index in [1.807, 2.05) is 19.1 Å². The van der Waals surface area contributed by atoms with Gasteiger partial charge in [0.15, 0.2) is 0 Å². The molecule has 0 unspecified atom stereocenters. The highest BCUT2D eigenvalue weighted by Crippen LogP contribution is 2.19. The number of anilines is 1. The molecule has 0 aliphatic rings. The molecule has 9 nitrogen and oxygen atoms in total. The van der Waals surface area contributed by atoms with Crippen LogP contribution in [-0.4, -0.2) is 41.3 Å². The molecule has 0 aliphatic carbocycles. The first-order valence-corrected chi connectivity index (χ1v) is 5.75. The number of hydrogen-bond acceptors (Lipinski definition) is 6. The molecule has 0 spiro atoms. The number of carbonyl (C=O) groups is 1. The van der Waals surface area contributed by atoms with Crippen LogP contribution in [-0.2, 0) is 0 Å². The molecular formula is C11H10N8O. The normalized spacial score (nSPS) is 10.4. The fraction of sp³-hybridized carbons (Fsp3) is 0.0909. The number of benzene rings is 1. The summed E-state index contributed by atoms with van der Waals surface area (Å²) in [7, 11) is 0. The third-order valence-electron chi connectivity index (χ3n) is 2.71. The summed E-state index contributed by atoms with van der Waals surface area (Å²) in [5.74, 6) is -0.211. The van der Waals surface area contributed by atoms with Crippen molar-refractivity contribution in [3.63, 3.8) is 0 Å². The van der Waals surface area contributed by atoms with Gasteiger partial charge in [0.2, 0.25) is 5.82 Å². The number of aryl methyl sites for hydroxylation is 1. The molecule has 1 aromatic carbocycles. The SMILES string of the molecule is Cc1ccc(-n2cnnn2)cc1NC(=O)c1ncn[nH]1. The van der Waals surface area contributed by atoms with Crippen molar-refractivity contribution in [2.75, 3.05) is 5.32 Å². The number of carbonyl (C=O) groups excluding carboxylic acids is 1. The van der Waals surface area contributed by atoms with Gasteiger partial charge in [-0.1, -0.05) is 6.07 Å². The van der Waals surface area contributed by atoms with Crippen molar-refractivity contribution in [3.05, 3.63) is 42.2 Å². The molecule has 9 heteroatoms. The van der Waals surface area contributed by atoms with Crippen molar-refractivity contribution < 1.29 is 4.79 Å². The first kappa shape index (κ1) is 12.0. The lowest BCUT2D eigenvalue weighted by Crippen LogP contribution is -2.15. The maximum atomic E-state index is 11.9. The lowest BCUT2D eigenvalue weighted by atomic mass is 10.2. The molecule has 0 saturated heterocycles. The number of aromatic amines is 1. The van der Waals surface area contributed by atoms with Crippen molar-refractivity contribution in [1.29, 1.82) is 0 Å². The molecule has 2 heterocycles. The average molecular weight is 270 g/mol. The van der Waals surface area contributed by atoms with Crippen LogP contribution in [0.25, 0.3) is 5.69 Å². The van der Waals surface area contributed by atoms with Crippen LogP contribution in [0.3, 0.4) is 0 Å². The van der Waals surface area contributed by atoms with E-state index in [0.29, 0.717) is 5.69 Å². The Kier molecular flexibility index (Phi) is 2.92. The Hall–Kier alpha value is -3.10. The quantitative estimate of drug-likeness (QED) is 0.709. The van der Waals surface area contributed by atoms with Crippen LogP contribution in [0.2, 0.25) is 0 Å². The molecule has 0 atom stereocenters. The Bertz CT molecular complexity index is 719. The Morgan fingerprint density at radius 3 is 3.00 bits per heavy atom. The second kappa shape index (κ2) is 4.88. The van der Waals surface area contributed by atoms with Gasteiger partial charge in [0.25, 0.3) is 5.91 Å². The maximum Gasteiger partial charge on any atom is 0.292 e. The predicted octanol–water partition coefficient (Wildman–Crippen LogP) is 0.341. The summed E-state index contributed by atoms with van der Waals surface area (Å²) in [6, 6.07) is 5.50. The number of hydrogen-bond donors (Lipinski definition) is 2. The fourth-order valence-electron chi connectivity index (χ4n) is 1.66. The molecule has 100 valence electrons. The van der Waals surface area contributed by atoms with E-state index < -0.39 is 0 Å². The molecule has 0 radical (unpaired) electrons. The molecule has 0 fully saturated rings. The van der Waals surface area contributed by atoms with E-state index in [2.05, 4.69) is 36.0 Å². The average Bonchev–Trinajstić information content (AvgIpc) is 3.14. The Labute approximate surface area is 113 Å². The van der Waals surface area contributed by atoms with Crippen molar-refractivity contribution in [1.82, 2.24) is 35.4 Å². The smallest absolute Gasteiger partial charge is 0.292 e. The van der Waals surface area contributed by atoms with E-state index in [1.54, 1.807) is 6.07 Å². The third-order valence-corrected chi connectivity index (χ3v) is 2.71. The van der Waals surface area contributed by atoms with Crippen molar-refractivity contribution in [2.24, 2.45) is 0 Å². The summed E-state index contributed by atoms with van der Waals surface area (Å²) >= 11 is 0. The van der Waals surface area contributed by atoms with Gasteiger partial charge in [-0.15, -0.1) is 5.10 Å². The Morgan fingerprint density at radius 1 is 1.40 bits per heavy atom. The van der Waals surface area contributed by atoms with Crippen LogP contribution in [0.1, 0.15) is 16.2 Å². The van der Waals surface area contributed by atoms with Gasteiger partial charge in [-0.25, -0.2) is 9.67 Å². The molecule has 2 N–H and O–H groups in total. The summed E-state index contributed by atoms with van der Waals surface area (Å²) in [5.41, 5.74) is 2.31. The number of H-pyrrole nitrogens is 1. The zero-order chi connectivity index (χ0) is 13.9. The Morgan fingerprint density at radius 2 is 2.30 bits per heavy atom. The molecule has 0 aliphatic heterocycles.